The Kier molecular flexibility index (Phi) is 3.40. The molecule has 2 heterocycles. The molecule has 0 unspecified atom stereocenters. The summed E-state index contributed by atoms with van der Waals surface area (Å²) in [6.07, 6.45) is 1.29. The third kappa shape index (κ3) is 2.93. The van der Waals surface area contributed by atoms with Gasteiger partial charge in [0, 0.05) is 25.8 Å². The van der Waals surface area contributed by atoms with Gasteiger partial charge in [0.15, 0.2) is 0 Å². The number of carboxylic acid groups (broad SMARTS) is 1. The molecule has 0 saturated carbocycles. The Hall–Kier alpha value is -1.14. The highest BCUT2D eigenvalue weighted by molar-refractivity contribution is 9.10. The molecule has 1 fully saturated rings. The first-order valence-electron chi connectivity index (χ1n) is 4.91. The molecule has 1 saturated heterocycles. The second kappa shape index (κ2) is 4.80. The molecule has 1 aliphatic rings. The molecule has 0 spiro atoms. The van der Waals surface area contributed by atoms with Gasteiger partial charge in [-0.25, -0.2) is 9.78 Å². The minimum Gasteiger partial charge on any atom is -0.478 e. The maximum absolute atomic E-state index is 10.7. The third-order valence-electron chi connectivity index (χ3n) is 2.24. The van der Waals surface area contributed by atoms with Crippen LogP contribution in [0.25, 0.3) is 0 Å². The Morgan fingerprint density at radius 3 is 2.94 bits per heavy atom. The Labute approximate surface area is 101 Å². The van der Waals surface area contributed by atoms with E-state index in [1.54, 1.807) is 0 Å². The highest BCUT2D eigenvalue weighted by Crippen LogP contribution is 2.23. The number of hydrogen-bond donors (Lipinski definition) is 1. The fraction of sp³-hybridized carbons (Fsp3) is 0.400. The van der Waals surface area contributed by atoms with Crippen LogP contribution in [0.2, 0.25) is 0 Å². The van der Waals surface area contributed by atoms with E-state index in [0.29, 0.717) is 17.0 Å². The van der Waals surface area contributed by atoms with Crippen LogP contribution in [0.5, 0.6) is 5.88 Å². The smallest absolute Gasteiger partial charge is 0.337 e. The number of halogens is 1. The van der Waals surface area contributed by atoms with E-state index in [4.69, 9.17) is 9.84 Å². The minimum absolute atomic E-state index is 0.144. The van der Waals surface area contributed by atoms with E-state index >= 15 is 0 Å². The molecule has 1 aliphatic heterocycles. The zero-order valence-corrected chi connectivity index (χ0v) is 10.1. The van der Waals surface area contributed by atoms with Gasteiger partial charge in [-0.1, -0.05) is 0 Å². The molecule has 2 rings (SSSR count). The topological polar surface area (TPSA) is 62.4 Å². The first-order chi connectivity index (χ1) is 7.66. The van der Waals surface area contributed by atoms with Crippen molar-refractivity contribution in [3.05, 3.63) is 22.3 Å². The summed E-state index contributed by atoms with van der Waals surface area (Å²) in [5.41, 5.74) is 0.144. The van der Waals surface area contributed by atoms with E-state index in [0.717, 1.165) is 19.6 Å². The number of carbonyl (C=O) groups is 1. The highest BCUT2D eigenvalue weighted by Gasteiger charge is 2.16. The zero-order chi connectivity index (χ0) is 11.5. The second-order valence-electron chi connectivity index (χ2n) is 3.51. The molecule has 0 bridgehead atoms. The normalized spacial score (nSPS) is 14.8. The Morgan fingerprint density at radius 2 is 2.38 bits per heavy atom. The lowest BCUT2D eigenvalue weighted by molar-refractivity contribution is 0.0696. The van der Waals surface area contributed by atoms with Crippen molar-refractivity contribution in [2.75, 3.05) is 26.2 Å². The quantitative estimate of drug-likeness (QED) is 0.825. The second-order valence-corrected chi connectivity index (χ2v) is 4.36. The van der Waals surface area contributed by atoms with Gasteiger partial charge in [0.25, 0.3) is 0 Å². The Bertz CT molecular complexity index is 407. The summed E-state index contributed by atoms with van der Waals surface area (Å²) in [7, 11) is 0. The number of nitrogens with zero attached hydrogens (tertiary/aromatic N) is 2. The van der Waals surface area contributed by atoms with Gasteiger partial charge in [-0.05, 0) is 22.0 Å². The minimum atomic E-state index is -0.996. The van der Waals surface area contributed by atoms with Crippen molar-refractivity contribution < 1.29 is 14.6 Å². The van der Waals surface area contributed by atoms with Crippen LogP contribution in [-0.4, -0.2) is 47.2 Å². The van der Waals surface area contributed by atoms with Crippen LogP contribution in [-0.2, 0) is 0 Å². The highest BCUT2D eigenvalue weighted by atomic mass is 79.9. The van der Waals surface area contributed by atoms with Gasteiger partial charge in [-0.2, -0.15) is 0 Å². The van der Waals surface area contributed by atoms with Crippen molar-refractivity contribution >= 4 is 21.9 Å². The van der Waals surface area contributed by atoms with Gasteiger partial charge in [0.2, 0.25) is 5.88 Å². The first kappa shape index (κ1) is 11.3. The largest absolute Gasteiger partial charge is 0.478 e. The lowest BCUT2D eigenvalue weighted by atomic mass is 10.3. The van der Waals surface area contributed by atoms with E-state index in [1.807, 2.05) is 0 Å². The fourth-order valence-corrected chi connectivity index (χ4v) is 1.68. The van der Waals surface area contributed by atoms with Crippen molar-refractivity contribution in [1.82, 2.24) is 9.88 Å². The first-order valence-corrected chi connectivity index (χ1v) is 5.70. The molecule has 1 aromatic heterocycles. The molecule has 16 heavy (non-hydrogen) atoms. The number of aromatic carboxylic acids is 1. The third-order valence-corrected chi connectivity index (χ3v) is 2.81. The Morgan fingerprint density at radius 1 is 1.62 bits per heavy atom. The van der Waals surface area contributed by atoms with E-state index in [9.17, 15) is 4.79 Å². The van der Waals surface area contributed by atoms with Gasteiger partial charge >= 0.3 is 5.97 Å². The van der Waals surface area contributed by atoms with Crippen molar-refractivity contribution in [2.24, 2.45) is 0 Å². The molecule has 5 nitrogen and oxygen atoms in total. The van der Waals surface area contributed by atoms with Crippen molar-refractivity contribution in [3.63, 3.8) is 0 Å². The molecule has 86 valence electrons. The van der Waals surface area contributed by atoms with Crippen LogP contribution in [0.4, 0.5) is 0 Å². The summed E-state index contributed by atoms with van der Waals surface area (Å²) in [6, 6.07) is 1.49. The number of rotatable bonds is 5. The number of carboxylic acids is 1. The SMILES string of the molecule is O=C(O)c1cnc(OCCN2CC2)c(Br)c1. The van der Waals surface area contributed by atoms with E-state index in [1.165, 1.54) is 12.3 Å². The number of pyridine rings is 1. The van der Waals surface area contributed by atoms with Crippen LogP contribution in [0.1, 0.15) is 10.4 Å². The predicted molar refractivity (Wildman–Crippen MR) is 60.8 cm³/mol. The molecule has 0 radical (unpaired) electrons. The standard InChI is InChI=1S/C10H11BrN2O3/c11-8-5-7(10(14)15)6-12-9(8)16-4-3-13-1-2-13/h5-6H,1-4H2,(H,14,15). The van der Waals surface area contributed by atoms with E-state index in [-0.39, 0.29) is 5.56 Å². The summed E-state index contributed by atoms with van der Waals surface area (Å²) < 4.78 is 6.00. The maximum atomic E-state index is 10.7. The van der Waals surface area contributed by atoms with Crippen LogP contribution in [0.3, 0.4) is 0 Å². The summed E-state index contributed by atoms with van der Waals surface area (Å²) in [6.45, 7) is 3.72. The average Bonchev–Trinajstić information content (AvgIpc) is 3.04. The van der Waals surface area contributed by atoms with Gasteiger partial charge in [0.05, 0.1) is 10.0 Å². The number of hydrogen-bond acceptors (Lipinski definition) is 4. The van der Waals surface area contributed by atoms with Gasteiger partial charge < -0.3 is 9.84 Å². The summed E-state index contributed by atoms with van der Waals surface area (Å²) in [5, 5.41) is 8.75. The molecule has 0 amide bonds. The molecule has 0 aromatic carbocycles. The van der Waals surface area contributed by atoms with E-state index < -0.39 is 5.97 Å². The van der Waals surface area contributed by atoms with Crippen molar-refractivity contribution in [1.29, 1.82) is 0 Å². The Balaban J connectivity index is 1.95. The van der Waals surface area contributed by atoms with Gasteiger partial charge in [-0.3, -0.25) is 4.90 Å². The molecule has 1 N–H and O–H groups in total. The fourth-order valence-electron chi connectivity index (χ4n) is 1.21. The summed E-state index contributed by atoms with van der Waals surface area (Å²) in [5.74, 6) is -0.560. The van der Waals surface area contributed by atoms with Crippen molar-refractivity contribution in [2.45, 2.75) is 0 Å². The lowest BCUT2D eigenvalue weighted by Gasteiger charge is -2.07. The molecular formula is C10H11BrN2O3. The average molecular weight is 287 g/mol. The van der Waals surface area contributed by atoms with Crippen LogP contribution in [0, 0.1) is 0 Å². The predicted octanol–water partition coefficient (Wildman–Crippen LogP) is 1.24. The molecule has 1 aromatic rings. The molecular weight excluding hydrogens is 276 g/mol. The van der Waals surface area contributed by atoms with Gasteiger partial charge in [-0.15, -0.1) is 0 Å². The number of ether oxygens (including phenoxy) is 1. The molecule has 0 aliphatic carbocycles. The van der Waals surface area contributed by atoms with Crippen LogP contribution < -0.4 is 4.74 Å². The zero-order valence-electron chi connectivity index (χ0n) is 8.52. The van der Waals surface area contributed by atoms with Gasteiger partial charge in [0.1, 0.15) is 6.61 Å². The molecule has 0 atom stereocenters. The number of aromatic nitrogens is 1. The molecule has 6 heteroatoms. The monoisotopic (exact) mass is 286 g/mol. The maximum Gasteiger partial charge on any atom is 0.337 e. The lowest BCUT2D eigenvalue weighted by Crippen LogP contribution is -2.11. The van der Waals surface area contributed by atoms with Crippen LogP contribution in [0.15, 0.2) is 16.7 Å². The van der Waals surface area contributed by atoms with E-state index in [2.05, 4.69) is 25.8 Å². The van der Waals surface area contributed by atoms with Crippen molar-refractivity contribution in [3.8, 4) is 5.88 Å². The summed E-state index contributed by atoms with van der Waals surface area (Å²) in [4.78, 5) is 16.9. The summed E-state index contributed by atoms with van der Waals surface area (Å²) >= 11 is 3.23. The van der Waals surface area contributed by atoms with Crippen LogP contribution >= 0.6 is 15.9 Å².